The van der Waals surface area contributed by atoms with Crippen LogP contribution in [0.3, 0.4) is 0 Å². The minimum Gasteiger partial charge on any atom is -0.392 e. The molecule has 4 nitrogen and oxygen atoms in total. The van der Waals surface area contributed by atoms with Crippen LogP contribution in [0, 0.1) is 11.7 Å². The Morgan fingerprint density at radius 1 is 1.25 bits per heavy atom. The van der Waals surface area contributed by atoms with Crippen LogP contribution in [0.1, 0.15) is 22.3 Å². The summed E-state index contributed by atoms with van der Waals surface area (Å²) in [5.74, 6) is -0.0489. The Morgan fingerprint density at radius 2 is 2.08 bits per heavy atom. The fourth-order valence-electron chi connectivity index (χ4n) is 3.08. The molecule has 0 spiro atoms. The third kappa shape index (κ3) is 3.74. The van der Waals surface area contributed by atoms with Gasteiger partial charge in [0.05, 0.1) is 12.3 Å². The van der Waals surface area contributed by atoms with Gasteiger partial charge in [0.15, 0.2) is 0 Å². The molecule has 2 N–H and O–H groups in total. The number of anilines is 1. The van der Waals surface area contributed by atoms with Crippen LogP contribution < -0.4 is 10.2 Å². The number of amides is 1. The minimum absolute atomic E-state index is 0.0820. The molecule has 1 heterocycles. The molecule has 0 bridgehead atoms. The van der Waals surface area contributed by atoms with Crippen molar-refractivity contribution in [2.24, 2.45) is 5.92 Å². The lowest BCUT2D eigenvalue weighted by molar-refractivity contribution is 0.0948. The highest BCUT2D eigenvalue weighted by Crippen LogP contribution is 2.25. The molecule has 0 radical (unpaired) electrons. The number of carbonyl (C=O) groups excluding carboxylic acids is 1. The Morgan fingerprint density at radius 3 is 2.88 bits per heavy atom. The largest absolute Gasteiger partial charge is 0.392 e. The number of aliphatic hydroxyl groups excluding tert-OH is 1. The first-order valence-corrected chi connectivity index (χ1v) is 8.15. The van der Waals surface area contributed by atoms with Gasteiger partial charge in [-0.2, -0.15) is 0 Å². The molecule has 1 unspecified atom stereocenters. The van der Waals surface area contributed by atoms with Crippen LogP contribution in [-0.2, 0) is 6.61 Å². The first-order valence-electron chi connectivity index (χ1n) is 8.15. The first-order chi connectivity index (χ1) is 11.7. The van der Waals surface area contributed by atoms with Gasteiger partial charge in [0.1, 0.15) is 5.82 Å². The summed E-state index contributed by atoms with van der Waals surface area (Å²) < 4.78 is 13.8. The maximum Gasteiger partial charge on any atom is 0.251 e. The predicted molar refractivity (Wildman–Crippen MR) is 91.4 cm³/mol. The molecule has 5 heteroatoms. The number of rotatable bonds is 5. The summed E-state index contributed by atoms with van der Waals surface area (Å²) >= 11 is 0. The number of aliphatic hydroxyl groups is 1. The number of nitrogens with one attached hydrogen (secondary N) is 1. The van der Waals surface area contributed by atoms with Crippen molar-refractivity contribution in [1.29, 1.82) is 0 Å². The van der Waals surface area contributed by atoms with Crippen LogP contribution in [0.5, 0.6) is 0 Å². The molecule has 24 heavy (non-hydrogen) atoms. The van der Waals surface area contributed by atoms with Crippen molar-refractivity contribution in [2.75, 3.05) is 24.5 Å². The van der Waals surface area contributed by atoms with Gasteiger partial charge in [-0.25, -0.2) is 4.39 Å². The Bertz CT molecular complexity index is 720. The van der Waals surface area contributed by atoms with Gasteiger partial charge < -0.3 is 15.3 Å². The van der Waals surface area contributed by atoms with Gasteiger partial charge in [-0.1, -0.05) is 24.3 Å². The highest BCUT2D eigenvalue weighted by molar-refractivity contribution is 5.94. The molecule has 0 aliphatic carbocycles. The summed E-state index contributed by atoms with van der Waals surface area (Å²) in [6.45, 7) is 2.01. The number of halogens is 1. The van der Waals surface area contributed by atoms with Crippen LogP contribution in [0.15, 0.2) is 48.5 Å². The van der Waals surface area contributed by atoms with Crippen molar-refractivity contribution in [3.63, 3.8) is 0 Å². The molecule has 1 atom stereocenters. The average molecular weight is 328 g/mol. The number of hydrogen-bond donors (Lipinski definition) is 2. The average Bonchev–Trinajstić information content (AvgIpc) is 3.09. The van der Waals surface area contributed by atoms with E-state index in [9.17, 15) is 9.18 Å². The highest BCUT2D eigenvalue weighted by Gasteiger charge is 2.24. The molecule has 1 fully saturated rings. The van der Waals surface area contributed by atoms with Crippen molar-refractivity contribution in [3.05, 3.63) is 65.5 Å². The van der Waals surface area contributed by atoms with Crippen molar-refractivity contribution in [1.82, 2.24) is 5.32 Å². The Hall–Kier alpha value is -2.40. The zero-order valence-corrected chi connectivity index (χ0v) is 13.4. The molecule has 3 rings (SSSR count). The summed E-state index contributed by atoms with van der Waals surface area (Å²) in [5.41, 5.74) is 1.89. The van der Waals surface area contributed by atoms with E-state index in [1.807, 2.05) is 11.0 Å². The van der Waals surface area contributed by atoms with E-state index in [1.165, 1.54) is 6.07 Å². The van der Waals surface area contributed by atoms with Crippen LogP contribution in [0.2, 0.25) is 0 Å². The summed E-state index contributed by atoms with van der Waals surface area (Å²) in [6.07, 6.45) is 0.922. The van der Waals surface area contributed by atoms with Gasteiger partial charge in [0.25, 0.3) is 5.91 Å². The quantitative estimate of drug-likeness (QED) is 0.887. The first kappa shape index (κ1) is 16.5. The molecule has 0 saturated carbocycles. The van der Waals surface area contributed by atoms with Crippen LogP contribution in [0.25, 0.3) is 0 Å². The fraction of sp³-hybridized carbons (Fsp3) is 0.316. The molecule has 126 valence electrons. The van der Waals surface area contributed by atoms with E-state index < -0.39 is 0 Å². The lowest BCUT2D eigenvalue weighted by Crippen LogP contribution is -2.31. The van der Waals surface area contributed by atoms with Crippen molar-refractivity contribution in [2.45, 2.75) is 13.0 Å². The lowest BCUT2D eigenvalue weighted by Gasteiger charge is -2.19. The number of hydrogen-bond acceptors (Lipinski definition) is 3. The van der Waals surface area contributed by atoms with Crippen LogP contribution in [0.4, 0.5) is 10.1 Å². The summed E-state index contributed by atoms with van der Waals surface area (Å²) in [4.78, 5) is 14.2. The maximum atomic E-state index is 13.8. The molecule has 1 aliphatic heterocycles. The summed E-state index contributed by atoms with van der Waals surface area (Å²) in [5, 5.41) is 12.1. The minimum atomic E-state index is -0.206. The maximum absolute atomic E-state index is 13.8. The molecule has 2 aromatic rings. The zero-order valence-electron chi connectivity index (χ0n) is 13.4. The predicted octanol–water partition coefficient (Wildman–Crippen LogP) is 2.57. The van der Waals surface area contributed by atoms with Crippen LogP contribution >= 0.6 is 0 Å². The lowest BCUT2D eigenvalue weighted by atomic mass is 10.1. The fourth-order valence-corrected chi connectivity index (χ4v) is 3.08. The highest BCUT2D eigenvalue weighted by atomic mass is 19.1. The van der Waals surface area contributed by atoms with E-state index in [-0.39, 0.29) is 18.3 Å². The SMILES string of the molecule is O=C(NCC1CCN(c2ccccc2F)C1)c1cccc(CO)c1. The van der Waals surface area contributed by atoms with Crippen molar-refractivity contribution in [3.8, 4) is 0 Å². The molecule has 0 aromatic heterocycles. The van der Waals surface area contributed by atoms with Crippen molar-refractivity contribution >= 4 is 11.6 Å². The topological polar surface area (TPSA) is 52.6 Å². The second kappa shape index (κ2) is 7.45. The third-order valence-corrected chi connectivity index (χ3v) is 4.40. The molecule has 1 saturated heterocycles. The van der Waals surface area contributed by atoms with E-state index in [2.05, 4.69) is 5.32 Å². The summed E-state index contributed by atoms with van der Waals surface area (Å²) in [6, 6.07) is 13.7. The van der Waals surface area contributed by atoms with Gasteiger partial charge in [0.2, 0.25) is 0 Å². The normalized spacial score (nSPS) is 17.1. The van der Waals surface area contributed by atoms with E-state index in [0.717, 1.165) is 19.5 Å². The number of nitrogens with zero attached hydrogens (tertiary/aromatic N) is 1. The number of carbonyl (C=O) groups is 1. The summed E-state index contributed by atoms with van der Waals surface area (Å²) in [7, 11) is 0. The van der Waals surface area contributed by atoms with E-state index in [1.54, 1.807) is 36.4 Å². The monoisotopic (exact) mass is 328 g/mol. The van der Waals surface area contributed by atoms with Crippen molar-refractivity contribution < 1.29 is 14.3 Å². The molecular formula is C19H21FN2O2. The van der Waals surface area contributed by atoms with Gasteiger partial charge >= 0.3 is 0 Å². The standard InChI is InChI=1S/C19H21FN2O2/c20-17-6-1-2-7-18(17)22-9-8-15(12-22)11-21-19(24)16-5-3-4-14(10-16)13-23/h1-7,10,15,23H,8-9,11-13H2,(H,21,24). The second-order valence-corrected chi connectivity index (χ2v) is 6.12. The zero-order chi connectivity index (χ0) is 16.9. The molecular weight excluding hydrogens is 307 g/mol. The van der Waals surface area contributed by atoms with Gasteiger partial charge in [-0.3, -0.25) is 4.79 Å². The van der Waals surface area contributed by atoms with E-state index >= 15 is 0 Å². The Labute approximate surface area is 140 Å². The third-order valence-electron chi connectivity index (χ3n) is 4.40. The number of para-hydroxylation sites is 1. The van der Waals surface area contributed by atoms with Crippen LogP contribution in [-0.4, -0.2) is 30.6 Å². The smallest absolute Gasteiger partial charge is 0.251 e. The number of benzene rings is 2. The van der Waals surface area contributed by atoms with E-state index in [0.29, 0.717) is 29.3 Å². The molecule has 1 aliphatic rings. The van der Waals surface area contributed by atoms with Gasteiger partial charge in [-0.05, 0) is 42.2 Å². The van der Waals surface area contributed by atoms with E-state index in [4.69, 9.17) is 5.11 Å². The second-order valence-electron chi connectivity index (χ2n) is 6.12. The Balaban J connectivity index is 1.54. The van der Waals surface area contributed by atoms with Gasteiger partial charge in [-0.15, -0.1) is 0 Å². The van der Waals surface area contributed by atoms with Gasteiger partial charge in [0, 0.05) is 25.2 Å². The Kier molecular flexibility index (Phi) is 5.11. The molecule has 1 amide bonds. The molecule has 2 aromatic carbocycles.